The molecule has 2 aromatic rings. The van der Waals surface area contributed by atoms with Crippen LogP contribution < -0.4 is 0 Å². The Kier molecular flexibility index (Phi) is 4.29. The topological polar surface area (TPSA) is 62.5 Å². The maximum atomic E-state index is 13.1. The predicted molar refractivity (Wildman–Crippen MR) is 92.7 cm³/mol. The lowest BCUT2D eigenvalue weighted by Gasteiger charge is -2.35. The van der Waals surface area contributed by atoms with E-state index in [9.17, 15) is 4.79 Å². The maximum absolute atomic E-state index is 13.1. The Morgan fingerprint density at radius 1 is 1.28 bits per heavy atom. The quantitative estimate of drug-likeness (QED) is 0.859. The van der Waals surface area contributed by atoms with Gasteiger partial charge in [-0.3, -0.25) is 9.69 Å². The largest absolute Gasteiger partial charge is 0.340 e. The molecule has 3 heterocycles. The van der Waals surface area contributed by atoms with E-state index in [1.807, 2.05) is 11.8 Å². The number of likely N-dealkylation sites (tertiary alicyclic amines) is 1. The van der Waals surface area contributed by atoms with Crippen LogP contribution in [0.15, 0.2) is 28.8 Å². The molecule has 2 aliphatic rings. The fourth-order valence-electron chi connectivity index (χ4n) is 3.99. The molecule has 0 unspecified atom stereocenters. The van der Waals surface area contributed by atoms with Gasteiger partial charge < -0.3 is 9.42 Å². The van der Waals surface area contributed by atoms with Crippen LogP contribution in [0, 0.1) is 6.92 Å². The van der Waals surface area contributed by atoms with E-state index in [2.05, 4.69) is 39.3 Å². The first-order valence-electron chi connectivity index (χ1n) is 9.05. The summed E-state index contributed by atoms with van der Waals surface area (Å²) in [4.78, 5) is 21.7. The first kappa shape index (κ1) is 16.3. The van der Waals surface area contributed by atoms with Gasteiger partial charge in [-0.15, -0.1) is 0 Å². The van der Waals surface area contributed by atoms with E-state index >= 15 is 0 Å². The summed E-state index contributed by atoms with van der Waals surface area (Å²) in [6, 6.07) is 8.33. The molecular formula is C19H24N4O2. The molecule has 4 rings (SSSR count). The Bertz CT molecular complexity index is 772. The van der Waals surface area contributed by atoms with Crippen molar-refractivity contribution in [1.29, 1.82) is 0 Å². The van der Waals surface area contributed by atoms with Crippen molar-refractivity contribution < 1.29 is 9.32 Å². The molecular weight excluding hydrogens is 316 g/mol. The summed E-state index contributed by atoms with van der Waals surface area (Å²) < 4.78 is 5.11. The molecule has 25 heavy (non-hydrogen) atoms. The van der Waals surface area contributed by atoms with Crippen LogP contribution in [0.25, 0.3) is 0 Å². The van der Waals surface area contributed by atoms with Crippen LogP contribution in [0.5, 0.6) is 0 Å². The lowest BCUT2D eigenvalue weighted by molar-refractivity contribution is -0.138. The predicted octanol–water partition coefficient (Wildman–Crippen LogP) is 2.49. The summed E-state index contributed by atoms with van der Waals surface area (Å²) in [5.74, 6) is 1.36. The number of nitrogens with zero attached hydrogens (tertiary/aromatic N) is 4. The Labute approximate surface area is 147 Å². The minimum Gasteiger partial charge on any atom is -0.340 e. The van der Waals surface area contributed by atoms with Crippen molar-refractivity contribution in [2.24, 2.45) is 0 Å². The molecule has 1 aromatic carbocycles. The zero-order valence-electron chi connectivity index (χ0n) is 14.8. The standard InChI is InChI=1S/C19H24N4O2/c1-13(22-11-9-15-6-3-4-7-16(15)12-22)19(24)23-10-5-8-17(23)18-20-14(2)25-21-18/h3-4,6-7,13,17H,5,8-12H2,1-2H3/t13-,17-/m1/s1. The van der Waals surface area contributed by atoms with Crippen molar-refractivity contribution in [2.75, 3.05) is 13.1 Å². The molecule has 1 aromatic heterocycles. The fraction of sp³-hybridized carbons (Fsp3) is 0.526. The van der Waals surface area contributed by atoms with E-state index in [1.54, 1.807) is 6.92 Å². The number of carbonyl (C=O) groups is 1. The molecule has 132 valence electrons. The van der Waals surface area contributed by atoms with Gasteiger partial charge in [0.15, 0.2) is 5.82 Å². The zero-order valence-corrected chi connectivity index (χ0v) is 14.8. The third kappa shape index (κ3) is 3.06. The van der Waals surface area contributed by atoms with E-state index in [-0.39, 0.29) is 18.0 Å². The second-order valence-electron chi connectivity index (χ2n) is 7.03. The average molecular weight is 340 g/mol. The van der Waals surface area contributed by atoms with Gasteiger partial charge >= 0.3 is 0 Å². The maximum Gasteiger partial charge on any atom is 0.240 e. The molecule has 0 aliphatic carbocycles. The summed E-state index contributed by atoms with van der Waals surface area (Å²) in [6.07, 6.45) is 2.89. The number of aromatic nitrogens is 2. The molecule has 1 saturated heterocycles. The van der Waals surface area contributed by atoms with Crippen molar-refractivity contribution in [3.8, 4) is 0 Å². The molecule has 2 atom stereocenters. The molecule has 0 saturated carbocycles. The number of carbonyl (C=O) groups excluding carboxylic acids is 1. The van der Waals surface area contributed by atoms with Crippen molar-refractivity contribution >= 4 is 5.91 Å². The van der Waals surface area contributed by atoms with Crippen molar-refractivity contribution in [3.05, 3.63) is 47.1 Å². The molecule has 2 aliphatic heterocycles. The van der Waals surface area contributed by atoms with Gasteiger partial charge in [0.2, 0.25) is 11.8 Å². The smallest absolute Gasteiger partial charge is 0.240 e. The lowest BCUT2D eigenvalue weighted by atomic mass is 9.98. The highest BCUT2D eigenvalue weighted by atomic mass is 16.5. The van der Waals surface area contributed by atoms with Gasteiger partial charge in [0, 0.05) is 26.6 Å². The average Bonchev–Trinajstić information content (AvgIpc) is 3.28. The monoisotopic (exact) mass is 340 g/mol. The normalized spacial score (nSPS) is 22.0. The van der Waals surface area contributed by atoms with Gasteiger partial charge in [0.25, 0.3) is 0 Å². The minimum absolute atomic E-state index is 0.0514. The van der Waals surface area contributed by atoms with Crippen molar-refractivity contribution in [2.45, 2.75) is 51.7 Å². The molecule has 0 spiro atoms. The van der Waals surface area contributed by atoms with Crippen LogP contribution in [-0.2, 0) is 17.8 Å². The zero-order chi connectivity index (χ0) is 17.4. The van der Waals surface area contributed by atoms with Crippen LogP contribution in [0.1, 0.15) is 48.6 Å². The molecule has 0 N–H and O–H groups in total. The number of amides is 1. The molecule has 1 fully saturated rings. The van der Waals surface area contributed by atoms with Crippen LogP contribution in [0.4, 0.5) is 0 Å². The Hall–Kier alpha value is -2.21. The van der Waals surface area contributed by atoms with Gasteiger partial charge in [0.1, 0.15) is 0 Å². The molecule has 6 nitrogen and oxygen atoms in total. The second kappa shape index (κ2) is 6.59. The summed E-state index contributed by atoms with van der Waals surface area (Å²) in [5.41, 5.74) is 2.74. The Morgan fingerprint density at radius 2 is 2.08 bits per heavy atom. The fourth-order valence-corrected chi connectivity index (χ4v) is 3.99. The summed E-state index contributed by atoms with van der Waals surface area (Å²) in [6.45, 7) is 6.33. The number of hydrogen-bond acceptors (Lipinski definition) is 5. The highest BCUT2D eigenvalue weighted by Gasteiger charge is 2.37. The molecule has 0 radical (unpaired) electrons. The van der Waals surface area contributed by atoms with Gasteiger partial charge in [-0.1, -0.05) is 29.4 Å². The van der Waals surface area contributed by atoms with E-state index in [4.69, 9.17) is 4.52 Å². The number of aryl methyl sites for hydroxylation is 1. The SMILES string of the molecule is Cc1nc([C@H]2CCCN2C(=O)[C@@H](C)N2CCc3ccccc3C2)no1. The van der Waals surface area contributed by atoms with E-state index in [0.717, 1.165) is 38.9 Å². The molecule has 1 amide bonds. The highest BCUT2D eigenvalue weighted by molar-refractivity contribution is 5.82. The number of benzene rings is 1. The number of hydrogen-bond donors (Lipinski definition) is 0. The minimum atomic E-state index is -0.137. The summed E-state index contributed by atoms with van der Waals surface area (Å²) in [7, 11) is 0. The van der Waals surface area contributed by atoms with E-state index in [1.165, 1.54) is 11.1 Å². The van der Waals surface area contributed by atoms with Gasteiger partial charge in [0.05, 0.1) is 12.1 Å². The van der Waals surface area contributed by atoms with Crippen LogP contribution in [0.2, 0.25) is 0 Å². The third-order valence-corrected chi connectivity index (χ3v) is 5.44. The van der Waals surface area contributed by atoms with Gasteiger partial charge in [-0.25, -0.2) is 0 Å². The summed E-state index contributed by atoms with van der Waals surface area (Å²) >= 11 is 0. The molecule has 6 heteroatoms. The lowest BCUT2D eigenvalue weighted by Crippen LogP contribution is -2.48. The van der Waals surface area contributed by atoms with Crippen LogP contribution in [-0.4, -0.2) is 45.0 Å². The number of fused-ring (bicyclic) bond motifs is 1. The van der Waals surface area contributed by atoms with Crippen molar-refractivity contribution in [3.63, 3.8) is 0 Å². The van der Waals surface area contributed by atoms with Gasteiger partial charge in [-0.2, -0.15) is 4.98 Å². The Morgan fingerprint density at radius 3 is 2.84 bits per heavy atom. The molecule has 0 bridgehead atoms. The van der Waals surface area contributed by atoms with Crippen LogP contribution >= 0.6 is 0 Å². The van der Waals surface area contributed by atoms with Crippen LogP contribution in [0.3, 0.4) is 0 Å². The van der Waals surface area contributed by atoms with E-state index in [0.29, 0.717) is 11.7 Å². The van der Waals surface area contributed by atoms with Crippen molar-refractivity contribution in [1.82, 2.24) is 19.9 Å². The van der Waals surface area contributed by atoms with E-state index < -0.39 is 0 Å². The second-order valence-corrected chi connectivity index (χ2v) is 7.03. The Balaban J connectivity index is 1.48. The third-order valence-electron chi connectivity index (χ3n) is 5.44. The first-order valence-corrected chi connectivity index (χ1v) is 9.05. The summed E-state index contributed by atoms with van der Waals surface area (Å²) in [5, 5.41) is 4.04. The first-order chi connectivity index (χ1) is 12.1. The highest BCUT2D eigenvalue weighted by Crippen LogP contribution is 2.31. The van der Waals surface area contributed by atoms with Gasteiger partial charge in [-0.05, 0) is 37.3 Å². The number of rotatable bonds is 3.